The summed E-state index contributed by atoms with van der Waals surface area (Å²) >= 11 is 5.22. The number of thiophene rings is 1. The number of morpholine rings is 1. The molecule has 0 N–H and O–H groups in total. The van der Waals surface area contributed by atoms with Crippen LogP contribution in [0, 0.1) is 0 Å². The molecule has 1 saturated heterocycles. The van der Waals surface area contributed by atoms with E-state index in [0.717, 1.165) is 32.8 Å². The van der Waals surface area contributed by atoms with Crippen molar-refractivity contribution in [1.29, 1.82) is 0 Å². The summed E-state index contributed by atoms with van der Waals surface area (Å²) in [5.41, 5.74) is 1.40. The van der Waals surface area contributed by atoms with Gasteiger partial charge in [-0.1, -0.05) is 0 Å². The zero-order chi connectivity index (χ0) is 9.10. The Bertz CT molecular complexity index is 270. The summed E-state index contributed by atoms with van der Waals surface area (Å²) in [4.78, 5) is 2.43. The molecule has 0 aliphatic carbocycles. The van der Waals surface area contributed by atoms with E-state index in [2.05, 4.69) is 32.3 Å². The molecule has 1 aliphatic rings. The summed E-state index contributed by atoms with van der Waals surface area (Å²) in [6.45, 7) is 4.95. The van der Waals surface area contributed by atoms with E-state index in [1.165, 1.54) is 9.35 Å². The van der Waals surface area contributed by atoms with Gasteiger partial charge in [0.05, 0.1) is 17.0 Å². The van der Waals surface area contributed by atoms with E-state index in [-0.39, 0.29) is 0 Å². The van der Waals surface area contributed by atoms with Gasteiger partial charge in [-0.15, -0.1) is 11.3 Å². The van der Waals surface area contributed by atoms with Crippen molar-refractivity contribution >= 4 is 27.3 Å². The van der Waals surface area contributed by atoms with Crippen LogP contribution in [0.25, 0.3) is 0 Å². The predicted octanol–water partition coefficient (Wildman–Crippen LogP) is 2.34. The molecule has 0 saturated carbocycles. The largest absolute Gasteiger partial charge is 0.379 e. The maximum atomic E-state index is 5.29. The monoisotopic (exact) mass is 261 g/mol. The molecule has 13 heavy (non-hydrogen) atoms. The minimum absolute atomic E-state index is 0.880. The Balaban J connectivity index is 1.89. The van der Waals surface area contributed by atoms with Crippen LogP contribution < -0.4 is 0 Å². The molecule has 4 heteroatoms. The lowest BCUT2D eigenvalue weighted by atomic mass is 10.3. The van der Waals surface area contributed by atoms with Crippen LogP contribution in [0.5, 0.6) is 0 Å². The number of ether oxygens (including phenoxy) is 1. The molecule has 1 aromatic rings. The van der Waals surface area contributed by atoms with Gasteiger partial charge in [-0.3, -0.25) is 4.90 Å². The molecule has 0 unspecified atom stereocenters. The van der Waals surface area contributed by atoms with Crippen molar-refractivity contribution in [3.8, 4) is 0 Å². The van der Waals surface area contributed by atoms with Gasteiger partial charge in [0.2, 0.25) is 0 Å². The van der Waals surface area contributed by atoms with E-state index in [4.69, 9.17) is 4.74 Å². The highest BCUT2D eigenvalue weighted by Gasteiger charge is 2.10. The molecule has 0 atom stereocenters. The Kier molecular flexibility index (Phi) is 3.38. The molecule has 1 aromatic heterocycles. The summed E-state index contributed by atoms with van der Waals surface area (Å²) in [5.74, 6) is 0. The minimum Gasteiger partial charge on any atom is -0.379 e. The highest BCUT2D eigenvalue weighted by Crippen LogP contribution is 2.21. The molecule has 2 heterocycles. The van der Waals surface area contributed by atoms with Crippen LogP contribution >= 0.6 is 27.3 Å². The zero-order valence-electron chi connectivity index (χ0n) is 7.33. The first-order chi connectivity index (χ1) is 6.34. The Hall–Kier alpha value is 0.1000. The van der Waals surface area contributed by atoms with Crippen molar-refractivity contribution in [2.45, 2.75) is 6.54 Å². The first-order valence-corrected chi connectivity index (χ1v) is 6.05. The number of nitrogens with zero attached hydrogens (tertiary/aromatic N) is 1. The van der Waals surface area contributed by atoms with Gasteiger partial charge >= 0.3 is 0 Å². The van der Waals surface area contributed by atoms with Gasteiger partial charge in [-0.05, 0) is 32.9 Å². The molecule has 0 amide bonds. The van der Waals surface area contributed by atoms with Crippen molar-refractivity contribution in [2.24, 2.45) is 0 Å². The average Bonchev–Trinajstić information content (AvgIpc) is 2.53. The van der Waals surface area contributed by atoms with E-state index < -0.39 is 0 Å². The first-order valence-electron chi connectivity index (χ1n) is 4.37. The number of hydrogen-bond donors (Lipinski definition) is 0. The van der Waals surface area contributed by atoms with Crippen molar-refractivity contribution in [3.05, 3.63) is 20.8 Å². The molecular weight excluding hydrogens is 250 g/mol. The predicted molar refractivity (Wildman–Crippen MR) is 58.1 cm³/mol. The summed E-state index contributed by atoms with van der Waals surface area (Å²) in [5, 5.41) is 2.21. The standard InChI is InChI=1S/C9H12BrNOS/c10-9-5-8(7-13-9)6-11-1-3-12-4-2-11/h5,7H,1-4,6H2. The van der Waals surface area contributed by atoms with Crippen LogP contribution in [0.15, 0.2) is 15.2 Å². The summed E-state index contributed by atoms with van der Waals surface area (Å²) in [7, 11) is 0. The molecule has 1 fully saturated rings. The average molecular weight is 262 g/mol. The van der Waals surface area contributed by atoms with Crippen LogP contribution in [0.1, 0.15) is 5.56 Å². The molecular formula is C9H12BrNOS. The molecule has 0 aromatic carbocycles. The van der Waals surface area contributed by atoms with E-state index in [1.54, 1.807) is 11.3 Å². The van der Waals surface area contributed by atoms with Gasteiger partial charge in [0.25, 0.3) is 0 Å². The molecule has 72 valence electrons. The third kappa shape index (κ3) is 2.77. The van der Waals surface area contributed by atoms with Crippen LogP contribution in [0.4, 0.5) is 0 Å². The van der Waals surface area contributed by atoms with Gasteiger partial charge in [-0.2, -0.15) is 0 Å². The third-order valence-corrected chi connectivity index (χ3v) is 3.68. The van der Waals surface area contributed by atoms with E-state index >= 15 is 0 Å². The second-order valence-corrected chi connectivity index (χ2v) is 5.44. The SMILES string of the molecule is Brc1cc(CN2CCOCC2)cs1. The quantitative estimate of drug-likeness (QED) is 0.811. The van der Waals surface area contributed by atoms with Crippen molar-refractivity contribution in [1.82, 2.24) is 4.90 Å². The Morgan fingerprint density at radius 2 is 2.23 bits per heavy atom. The van der Waals surface area contributed by atoms with Gasteiger partial charge in [0, 0.05) is 19.6 Å². The van der Waals surface area contributed by atoms with E-state index in [0.29, 0.717) is 0 Å². The van der Waals surface area contributed by atoms with Gasteiger partial charge in [0.15, 0.2) is 0 Å². The fraction of sp³-hybridized carbons (Fsp3) is 0.556. The Morgan fingerprint density at radius 3 is 2.85 bits per heavy atom. The summed E-state index contributed by atoms with van der Waals surface area (Å²) < 4.78 is 6.51. The number of hydrogen-bond acceptors (Lipinski definition) is 3. The summed E-state index contributed by atoms with van der Waals surface area (Å²) in [6.07, 6.45) is 0. The third-order valence-electron chi connectivity index (χ3n) is 2.13. The topological polar surface area (TPSA) is 12.5 Å². The molecule has 2 rings (SSSR count). The fourth-order valence-corrected chi connectivity index (χ4v) is 2.65. The van der Waals surface area contributed by atoms with Crippen molar-refractivity contribution in [2.75, 3.05) is 26.3 Å². The van der Waals surface area contributed by atoms with Crippen LogP contribution in [0.3, 0.4) is 0 Å². The Morgan fingerprint density at radius 1 is 1.46 bits per heavy atom. The van der Waals surface area contributed by atoms with Gasteiger partial charge in [0.1, 0.15) is 0 Å². The summed E-state index contributed by atoms with van der Waals surface area (Å²) in [6, 6.07) is 2.19. The normalized spacial score (nSPS) is 19.2. The molecule has 2 nitrogen and oxygen atoms in total. The zero-order valence-corrected chi connectivity index (χ0v) is 9.73. The number of rotatable bonds is 2. The van der Waals surface area contributed by atoms with Gasteiger partial charge in [-0.25, -0.2) is 0 Å². The van der Waals surface area contributed by atoms with E-state index in [1.807, 2.05) is 0 Å². The molecule has 0 radical (unpaired) electrons. The van der Waals surface area contributed by atoms with Gasteiger partial charge < -0.3 is 4.74 Å². The molecule has 1 aliphatic heterocycles. The maximum absolute atomic E-state index is 5.29. The van der Waals surface area contributed by atoms with Crippen molar-refractivity contribution in [3.63, 3.8) is 0 Å². The van der Waals surface area contributed by atoms with Crippen LogP contribution in [0.2, 0.25) is 0 Å². The van der Waals surface area contributed by atoms with Crippen molar-refractivity contribution < 1.29 is 4.74 Å². The van der Waals surface area contributed by atoms with E-state index in [9.17, 15) is 0 Å². The number of halogens is 1. The first kappa shape index (κ1) is 9.65. The molecule has 0 spiro atoms. The molecule has 0 bridgehead atoms. The Labute approximate surface area is 90.6 Å². The maximum Gasteiger partial charge on any atom is 0.0701 e. The van der Waals surface area contributed by atoms with Crippen LogP contribution in [-0.2, 0) is 11.3 Å². The van der Waals surface area contributed by atoms with Crippen LogP contribution in [-0.4, -0.2) is 31.2 Å². The lowest BCUT2D eigenvalue weighted by molar-refractivity contribution is 0.0342. The fourth-order valence-electron chi connectivity index (χ4n) is 1.45. The second kappa shape index (κ2) is 4.55. The lowest BCUT2D eigenvalue weighted by Gasteiger charge is -2.25. The second-order valence-electron chi connectivity index (χ2n) is 3.15. The highest BCUT2D eigenvalue weighted by atomic mass is 79.9. The smallest absolute Gasteiger partial charge is 0.0701 e. The minimum atomic E-state index is 0.880. The highest BCUT2D eigenvalue weighted by molar-refractivity contribution is 9.11. The lowest BCUT2D eigenvalue weighted by Crippen LogP contribution is -2.35.